The molecule has 0 atom stereocenters. The highest BCUT2D eigenvalue weighted by atomic mass is 35.5. The Hall–Kier alpha value is -1.31. The molecule has 112 valence electrons. The number of carbonyl (C=O) groups excluding carboxylic acids is 1. The van der Waals surface area contributed by atoms with Gasteiger partial charge in [0.05, 0.1) is 16.5 Å². The number of thioether (sulfide) groups is 1. The average Bonchev–Trinajstić information content (AvgIpc) is 2.86. The summed E-state index contributed by atoms with van der Waals surface area (Å²) < 4.78 is 0.739. The number of carbonyl (C=O) groups is 1. The smallest absolute Gasteiger partial charge is 0.230 e. The van der Waals surface area contributed by atoms with Gasteiger partial charge >= 0.3 is 0 Å². The molecule has 1 heterocycles. The molecular formula is C13H15ClN4OS2. The molecule has 0 aliphatic carbocycles. The van der Waals surface area contributed by atoms with Gasteiger partial charge in [-0.2, -0.15) is 0 Å². The van der Waals surface area contributed by atoms with Crippen molar-refractivity contribution < 1.29 is 4.79 Å². The van der Waals surface area contributed by atoms with Crippen LogP contribution in [-0.4, -0.2) is 27.9 Å². The lowest BCUT2D eigenvalue weighted by molar-refractivity contribution is -0.119. The van der Waals surface area contributed by atoms with Crippen molar-refractivity contribution in [3.8, 4) is 0 Å². The molecule has 0 fully saturated rings. The van der Waals surface area contributed by atoms with Gasteiger partial charge in [-0.15, -0.1) is 10.2 Å². The van der Waals surface area contributed by atoms with Gasteiger partial charge in [-0.3, -0.25) is 4.79 Å². The lowest BCUT2D eigenvalue weighted by atomic mass is 10.3. The Kier molecular flexibility index (Phi) is 5.84. The Balaban J connectivity index is 1.90. The third-order valence-electron chi connectivity index (χ3n) is 2.30. The Morgan fingerprint density at radius 2 is 2.14 bits per heavy atom. The van der Waals surface area contributed by atoms with Crippen molar-refractivity contribution in [1.82, 2.24) is 15.5 Å². The van der Waals surface area contributed by atoms with Crippen molar-refractivity contribution in [3.05, 3.63) is 29.3 Å². The lowest BCUT2D eigenvalue weighted by Gasteiger charge is -2.06. The number of hydrogen-bond acceptors (Lipinski definition) is 6. The summed E-state index contributed by atoms with van der Waals surface area (Å²) in [6, 6.07) is 7.57. The normalized spacial score (nSPS) is 10.7. The minimum Gasteiger partial charge on any atom is -0.353 e. The largest absolute Gasteiger partial charge is 0.353 e. The van der Waals surface area contributed by atoms with Crippen LogP contribution in [0.4, 0.5) is 10.8 Å². The van der Waals surface area contributed by atoms with E-state index in [4.69, 9.17) is 11.6 Å². The van der Waals surface area contributed by atoms with E-state index in [1.54, 1.807) is 6.07 Å². The Labute approximate surface area is 136 Å². The molecule has 0 bridgehead atoms. The number of nitrogens with one attached hydrogen (secondary N) is 2. The fourth-order valence-corrected chi connectivity index (χ4v) is 3.25. The third kappa shape index (κ3) is 5.18. The minimum absolute atomic E-state index is 0.00851. The monoisotopic (exact) mass is 342 g/mol. The topological polar surface area (TPSA) is 66.9 Å². The summed E-state index contributed by atoms with van der Waals surface area (Å²) in [5.41, 5.74) is 0.782. The molecule has 8 heteroatoms. The van der Waals surface area contributed by atoms with Crippen molar-refractivity contribution >= 4 is 51.4 Å². The highest BCUT2D eigenvalue weighted by Crippen LogP contribution is 2.30. The van der Waals surface area contributed by atoms with Gasteiger partial charge in [0.25, 0.3) is 0 Å². The Bertz CT molecular complexity index is 618. The van der Waals surface area contributed by atoms with Crippen LogP contribution in [0.5, 0.6) is 0 Å². The third-order valence-corrected chi connectivity index (χ3v) is 4.60. The van der Waals surface area contributed by atoms with E-state index >= 15 is 0 Å². The van der Waals surface area contributed by atoms with Crippen molar-refractivity contribution in [3.63, 3.8) is 0 Å². The molecule has 2 aromatic rings. The molecule has 1 aromatic carbocycles. The summed E-state index contributed by atoms with van der Waals surface area (Å²) in [6.07, 6.45) is 0. The molecule has 5 nitrogen and oxygen atoms in total. The first-order chi connectivity index (χ1) is 10.0. The average molecular weight is 343 g/mol. The summed E-state index contributed by atoms with van der Waals surface area (Å²) >= 11 is 8.82. The maximum Gasteiger partial charge on any atom is 0.230 e. The molecule has 0 unspecified atom stereocenters. The van der Waals surface area contributed by atoms with Crippen LogP contribution >= 0.6 is 34.7 Å². The number of para-hydroxylation sites is 1. The molecule has 21 heavy (non-hydrogen) atoms. The van der Waals surface area contributed by atoms with Crippen LogP contribution in [0.15, 0.2) is 28.6 Å². The van der Waals surface area contributed by atoms with Crippen molar-refractivity contribution in [2.75, 3.05) is 11.1 Å². The summed E-state index contributed by atoms with van der Waals surface area (Å²) in [7, 11) is 0. The van der Waals surface area contributed by atoms with Crippen molar-refractivity contribution in [1.29, 1.82) is 0 Å². The van der Waals surface area contributed by atoms with Gasteiger partial charge < -0.3 is 10.6 Å². The van der Waals surface area contributed by atoms with Crippen molar-refractivity contribution in [2.45, 2.75) is 24.2 Å². The van der Waals surface area contributed by atoms with E-state index in [1.807, 2.05) is 32.0 Å². The van der Waals surface area contributed by atoms with Crippen LogP contribution in [0.2, 0.25) is 5.02 Å². The minimum atomic E-state index is -0.00851. The molecule has 0 aliphatic heterocycles. The van der Waals surface area contributed by atoms with Crippen LogP contribution in [-0.2, 0) is 4.79 Å². The molecule has 0 saturated carbocycles. The summed E-state index contributed by atoms with van der Waals surface area (Å²) in [6.45, 7) is 3.86. The molecule has 1 aromatic heterocycles. The standard InChI is InChI=1S/C13H15ClN4OS2/c1-8(2)15-11(19)7-20-13-18-17-12(21-13)16-10-6-4-3-5-9(10)14/h3-6,8H,7H2,1-2H3,(H,15,19)(H,16,17). The SMILES string of the molecule is CC(C)NC(=O)CSc1nnc(Nc2ccccc2Cl)s1. The molecule has 0 saturated heterocycles. The second-order valence-corrected chi connectivity index (χ2v) is 7.10. The van der Waals surface area contributed by atoms with E-state index < -0.39 is 0 Å². The number of anilines is 2. The van der Waals surface area contributed by atoms with Gasteiger partial charge in [0.15, 0.2) is 4.34 Å². The first-order valence-corrected chi connectivity index (χ1v) is 8.50. The Morgan fingerprint density at radius 3 is 2.86 bits per heavy atom. The molecular weight excluding hydrogens is 328 g/mol. The van der Waals surface area contributed by atoms with Gasteiger partial charge in [-0.05, 0) is 26.0 Å². The number of amides is 1. The van der Waals surface area contributed by atoms with E-state index in [9.17, 15) is 4.79 Å². The number of halogens is 1. The summed E-state index contributed by atoms with van der Waals surface area (Å²) in [4.78, 5) is 11.6. The molecule has 1 amide bonds. The second kappa shape index (κ2) is 7.63. The summed E-state index contributed by atoms with van der Waals surface area (Å²) in [5.74, 6) is 0.324. The highest BCUT2D eigenvalue weighted by molar-refractivity contribution is 8.01. The van der Waals surface area contributed by atoms with Crippen LogP contribution in [0.3, 0.4) is 0 Å². The molecule has 2 N–H and O–H groups in total. The number of aromatic nitrogens is 2. The van der Waals surface area contributed by atoms with Gasteiger partial charge in [-0.1, -0.05) is 46.8 Å². The predicted molar refractivity (Wildman–Crippen MR) is 88.6 cm³/mol. The second-order valence-electron chi connectivity index (χ2n) is 4.49. The van der Waals surface area contributed by atoms with E-state index in [-0.39, 0.29) is 11.9 Å². The summed E-state index contributed by atoms with van der Waals surface area (Å²) in [5, 5.41) is 15.3. The van der Waals surface area contributed by atoms with Crippen LogP contribution in [0, 0.1) is 0 Å². The maximum absolute atomic E-state index is 11.6. The zero-order chi connectivity index (χ0) is 15.2. The van der Waals surface area contributed by atoms with Gasteiger partial charge in [-0.25, -0.2) is 0 Å². The maximum atomic E-state index is 11.6. The fraction of sp³-hybridized carbons (Fsp3) is 0.308. The van der Waals surface area contributed by atoms with Gasteiger partial charge in [0, 0.05) is 6.04 Å². The predicted octanol–water partition coefficient (Wildman–Crippen LogP) is 3.55. The van der Waals surface area contributed by atoms with E-state index in [0.717, 1.165) is 10.0 Å². The number of rotatable bonds is 6. The van der Waals surface area contributed by atoms with Gasteiger partial charge in [0.1, 0.15) is 0 Å². The zero-order valence-electron chi connectivity index (χ0n) is 11.6. The fourth-order valence-electron chi connectivity index (χ4n) is 1.49. The number of hydrogen-bond donors (Lipinski definition) is 2. The van der Waals surface area contributed by atoms with E-state index in [2.05, 4.69) is 20.8 Å². The highest BCUT2D eigenvalue weighted by Gasteiger charge is 2.09. The van der Waals surface area contributed by atoms with Crippen LogP contribution in [0.25, 0.3) is 0 Å². The zero-order valence-corrected chi connectivity index (χ0v) is 14.0. The van der Waals surface area contributed by atoms with E-state index in [1.165, 1.54) is 23.1 Å². The molecule has 0 aliphatic rings. The molecule has 0 radical (unpaired) electrons. The first-order valence-electron chi connectivity index (χ1n) is 6.32. The van der Waals surface area contributed by atoms with Crippen molar-refractivity contribution in [2.24, 2.45) is 0 Å². The first kappa shape index (κ1) is 16.1. The number of benzene rings is 1. The molecule has 2 rings (SSSR count). The van der Waals surface area contributed by atoms with Crippen LogP contribution in [0.1, 0.15) is 13.8 Å². The number of nitrogens with zero attached hydrogens (tertiary/aromatic N) is 2. The quantitative estimate of drug-likeness (QED) is 0.786. The van der Waals surface area contributed by atoms with E-state index in [0.29, 0.717) is 15.9 Å². The van der Waals surface area contributed by atoms with Crippen LogP contribution < -0.4 is 10.6 Å². The Morgan fingerprint density at radius 1 is 1.38 bits per heavy atom. The molecule has 0 spiro atoms. The van der Waals surface area contributed by atoms with Gasteiger partial charge in [0.2, 0.25) is 11.0 Å². The lowest BCUT2D eigenvalue weighted by Crippen LogP contribution is -2.31.